The Bertz CT molecular complexity index is 1610. The maximum Gasteiger partial charge on any atom is 0.416 e. The van der Waals surface area contributed by atoms with Crippen LogP contribution in [0.3, 0.4) is 0 Å². The third-order valence-corrected chi connectivity index (χ3v) is 7.84. The van der Waals surface area contributed by atoms with Crippen LogP contribution >= 0.6 is 0 Å². The third kappa shape index (κ3) is 5.31. The first-order valence-corrected chi connectivity index (χ1v) is 13.5. The average Bonchev–Trinajstić information content (AvgIpc) is 3.43. The molecule has 1 saturated heterocycles. The number of alkyl halides is 3. The molecule has 5 rings (SSSR count). The van der Waals surface area contributed by atoms with Crippen molar-refractivity contribution in [3.8, 4) is 0 Å². The Morgan fingerprint density at radius 3 is 2.29 bits per heavy atom. The maximum atomic E-state index is 13.5. The number of fused-ring (bicyclic) bond motifs is 1. The van der Waals surface area contributed by atoms with E-state index in [4.69, 9.17) is 0 Å². The molecule has 1 aliphatic heterocycles. The second kappa shape index (κ2) is 10.0. The average molecular weight is 540 g/mol. The van der Waals surface area contributed by atoms with Crippen molar-refractivity contribution < 1.29 is 26.4 Å². The number of hydrogen-bond donors (Lipinski definition) is 2. The summed E-state index contributed by atoms with van der Waals surface area (Å²) in [5.41, 5.74) is -0.0791. The second-order valence-corrected chi connectivity index (χ2v) is 10.7. The summed E-state index contributed by atoms with van der Waals surface area (Å²) in [6, 6.07) is 21.4. The van der Waals surface area contributed by atoms with Crippen LogP contribution in [0.1, 0.15) is 28.8 Å². The van der Waals surface area contributed by atoms with E-state index in [-0.39, 0.29) is 16.3 Å². The number of nitrogens with one attached hydrogen (secondary N) is 2. The summed E-state index contributed by atoms with van der Waals surface area (Å²) >= 11 is 0. The Labute approximate surface area is 218 Å². The molecule has 1 aliphatic rings. The maximum absolute atomic E-state index is 13.5. The smallest absolute Gasteiger partial charge is 0.370 e. The fourth-order valence-electron chi connectivity index (χ4n) is 4.62. The number of sulfonamides is 1. The molecule has 0 unspecified atom stereocenters. The molecular weight excluding hydrogens is 515 g/mol. The first-order chi connectivity index (χ1) is 18.1. The molecule has 0 bridgehead atoms. The Morgan fingerprint density at radius 1 is 0.816 bits per heavy atom. The lowest BCUT2D eigenvalue weighted by molar-refractivity contribution is -0.137. The molecule has 4 aromatic rings. The van der Waals surface area contributed by atoms with E-state index in [1.165, 1.54) is 12.1 Å². The quantitative estimate of drug-likeness (QED) is 0.293. The van der Waals surface area contributed by atoms with Gasteiger partial charge >= 0.3 is 6.18 Å². The minimum absolute atomic E-state index is 0.132. The molecule has 1 heterocycles. The van der Waals surface area contributed by atoms with Gasteiger partial charge in [-0.2, -0.15) is 13.2 Å². The summed E-state index contributed by atoms with van der Waals surface area (Å²) in [5.74, 6) is -0.412. The standard InChI is InChI=1S/C28H24F3N3O3S/c29-28(30,31)20-9-6-10-22(17-20)33-38(36,37)26-18-21(13-14-25(26)34-15-3-4-16-34)32-27(35)24-12-5-8-19-7-1-2-11-23(19)24/h1-2,5-14,17-18,33H,3-4,15-16H2,(H,32,35). The Kier molecular flexibility index (Phi) is 6.75. The molecule has 0 atom stereocenters. The highest BCUT2D eigenvalue weighted by molar-refractivity contribution is 7.92. The van der Waals surface area contributed by atoms with Gasteiger partial charge < -0.3 is 10.2 Å². The summed E-state index contributed by atoms with van der Waals surface area (Å²) in [6.45, 7) is 1.29. The lowest BCUT2D eigenvalue weighted by Gasteiger charge is -2.22. The van der Waals surface area contributed by atoms with E-state index in [9.17, 15) is 26.4 Å². The number of hydrogen-bond acceptors (Lipinski definition) is 4. The van der Waals surface area contributed by atoms with E-state index in [1.807, 2.05) is 35.2 Å². The molecule has 0 radical (unpaired) electrons. The molecule has 1 fully saturated rings. The van der Waals surface area contributed by atoms with Gasteiger partial charge in [0.05, 0.1) is 11.3 Å². The van der Waals surface area contributed by atoms with Crippen LogP contribution in [0.15, 0.2) is 89.8 Å². The number of carbonyl (C=O) groups excluding carboxylic acids is 1. The van der Waals surface area contributed by atoms with Gasteiger partial charge in [-0.15, -0.1) is 0 Å². The summed E-state index contributed by atoms with van der Waals surface area (Å²) in [5, 5.41) is 4.41. The summed E-state index contributed by atoms with van der Waals surface area (Å²) in [7, 11) is -4.31. The fraction of sp³-hybridized carbons (Fsp3) is 0.179. The van der Waals surface area contributed by atoms with Crippen molar-refractivity contribution >= 4 is 43.8 Å². The van der Waals surface area contributed by atoms with Crippen LogP contribution in [-0.4, -0.2) is 27.4 Å². The molecule has 38 heavy (non-hydrogen) atoms. The zero-order valence-corrected chi connectivity index (χ0v) is 20.9. The molecule has 0 saturated carbocycles. The van der Waals surface area contributed by atoms with E-state index in [0.29, 0.717) is 24.3 Å². The zero-order valence-electron chi connectivity index (χ0n) is 20.1. The Morgan fingerprint density at radius 2 is 1.53 bits per heavy atom. The van der Waals surface area contributed by atoms with Gasteiger partial charge in [0.2, 0.25) is 0 Å². The van der Waals surface area contributed by atoms with Crippen LogP contribution in [0.4, 0.5) is 30.2 Å². The van der Waals surface area contributed by atoms with Gasteiger partial charge in [-0.1, -0.05) is 42.5 Å². The van der Waals surface area contributed by atoms with Crippen LogP contribution < -0.4 is 14.9 Å². The molecule has 2 N–H and O–H groups in total. The first kappa shape index (κ1) is 25.6. The van der Waals surface area contributed by atoms with Crippen LogP contribution in [0.2, 0.25) is 0 Å². The molecule has 196 valence electrons. The van der Waals surface area contributed by atoms with Crippen molar-refractivity contribution in [3.63, 3.8) is 0 Å². The van der Waals surface area contributed by atoms with Gasteiger partial charge in [-0.05, 0) is 66.1 Å². The number of halogens is 3. The fourth-order valence-corrected chi connectivity index (χ4v) is 5.92. The number of amides is 1. The summed E-state index contributed by atoms with van der Waals surface area (Å²) in [6.07, 6.45) is -2.84. The monoisotopic (exact) mass is 539 g/mol. The molecule has 0 aliphatic carbocycles. The number of benzene rings is 4. The van der Waals surface area contributed by atoms with E-state index in [0.717, 1.165) is 41.8 Å². The van der Waals surface area contributed by atoms with Gasteiger partial charge in [0.25, 0.3) is 15.9 Å². The largest absolute Gasteiger partial charge is 0.416 e. The van der Waals surface area contributed by atoms with Crippen molar-refractivity contribution in [2.24, 2.45) is 0 Å². The van der Waals surface area contributed by atoms with Gasteiger partial charge in [0.1, 0.15) is 4.90 Å². The highest BCUT2D eigenvalue weighted by Gasteiger charge is 2.31. The Balaban J connectivity index is 1.50. The van der Waals surface area contributed by atoms with E-state index in [2.05, 4.69) is 10.0 Å². The number of anilines is 3. The van der Waals surface area contributed by atoms with Crippen LogP contribution in [0.25, 0.3) is 10.8 Å². The highest BCUT2D eigenvalue weighted by atomic mass is 32.2. The first-order valence-electron chi connectivity index (χ1n) is 12.0. The van der Waals surface area contributed by atoms with Crippen LogP contribution in [-0.2, 0) is 16.2 Å². The highest BCUT2D eigenvalue weighted by Crippen LogP contribution is 2.34. The minimum atomic E-state index is -4.62. The molecule has 0 aromatic heterocycles. The molecule has 1 amide bonds. The topological polar surface area (TPSA) is 78.5 Å². The third-order valence-electron chi connectivity index (χ3n) is 6.43. The van der Waals surface area contributed by atoms with Crippen molar-refractivity contribution in [1.82, 2.24) is 0 Å². The Hall–Kier alpha value is -4.05. The van der Waals surface area contributed by atoms with Crippen molar-refractivity contribution in [2.75, 3.05) is 28.0 Å². The zero-order chi connectivity index (χ0) is 26.9. The van der Waals surface area contributed by atoms with Gasteiger partial charge in [0.15, 0.2) is 0 Å². The normalized spacial score (nSPS) is 14.0. The van der Waals surface area contributed by atoms with Gasteiger partial charge in [0, 0.05) is 30.0 Å². The number of nitrogens with zero attached hydrogens (tertiary/aromatic N) is 1. The molecule has 4 aromatic carbocycles. The van der Waals surface area contributed by atoms with E-state index in [1.54, 1.807) is 24.3 Å². The molecule has 10 heteroatoms. The predicted octanol–water partition coefficient (Wildman–Crippen LogP) is 6.51. The summed E-state index contributed by atoms with van der Waals surface area (Å²) < 4.78 is 68.8. The van der Waals surface area contributed by atoms with Crippen molar-refractivity contribution in [3.05, 3.63) is 96.1 Å². The molecule has 0 spiro atoms. The van der Waals surface area contributed by atoms with Gasteiger partial charge in [-0.25, -0.2) is 8.42 Å². The lowest BCUT2D eigenvalue weighted by atomic mass is 10.0. The SMILES string of the molecule is O=C(Nc1ccc(N2CCCC2)c(S(=O)(=O)Nc2cccc(C(F)(F)F)c2)c1)c1cccc2ccccc12. The van der Waals surface area contributed by atoms with Crippen LogP contribution in [0, 0.1) is 0 Å². The second-order valence-electron chi connectivity index (χ2n) is 9.04. The number of carbonyl (C=O) groups is 1. The van der Waals surface area contributed by atoms with Crippen LogP contribution in [0.5, 0.6) is 0 Å². The van der Waals surface area contributed by atoms with E-state index < -0.39 is 27.7 Å². The van der Waals surface area contributed by atoms with Gasteiger partial charge in [-0.3, -0.25) is 9.52 Å². The van der Waals surface area contributed by atoms with Crippen molar-refractivity contribution in [2.45, 2.75) is 23.9 Å². The summed E-state index contributed by atoms with van der Waals surface area (Å²) in [4.78, 5) is 14.9. The minimum Gasteiger partial charge on any atom is -0.370 e. The number of rotatable bonds is 6. The van der Waals surface area contributed by atoms with E-state index >= 15 is 0 Å². The molecular formula is C28H24F3N3O3S. The van der Waals surface area contributed by atoms with Crippen molar-refractivity contribution in [1.29, 1.82) is 0 Å². The predicted molar refractivity (Wildman–Crippen MR) is 142 cm³/mol. The lowest BCUT2D eigenvalue weighted by Crippen LogP contribution is -2.23. The molecule has 6 nitrogen and oxygen atoms in total.